The van der Waals surface area contributed by atoms with Gasteiger partial charge in [0.2, 0.25) is 0 Å². The van der Waals surface area contributed by atoms with E-state index in [4.69, 9.17) is 14.2 Å². The summed E-state index contributed by atoms with van der Waals surface area (Å²) in [6.45, 7) is -0.409. The van der Waals surface area contributed by atoms with Gasteiger partial charge in [0.15, 0.2) is 18.4 Å². The first-order valence-electron chi connectivity index (χ1n) is 9.91. The summed E-state index contributed by atoms with van der Waals surface area (Å²) in [6.07, 6.45) is -4.77. The number of nitro groups is 1. The molecule has 1 N–H and O–H groups in total. The maximum absolute atomic E-state index is 15.4. The number of hydrogen-bond donors (Lipinski definition) is 1. The number of carbonyl (C=O) groups excluding carboxylic acids is 2. The highest BCUT2D eigenvalue weighted by Gasteiger charge is 2.50. The summed E-state index contributed by atoms with van der Waals surface area (Å²) in [5.74, 6) is -2.04. The van der Waals surface area contributed by atoms with Crippen LogP contribution in [0.2, 0.25) is 0 Å². The molecule has 0 unspecified atom stereocenters. The normalized spacial score (nSPS) is 22.0. The molecule has 1 saturated heterocycles. The monoisotopic (exact) mass is 455 g/mol. The van der Waals surface area contributed by atoms with Crippen LogP contribution in [0, 0.1) is 10.1 Å². The highest BCUT2D eigenvalue weighted by Crippen LogP contribution is 2.37. The first-order chi connectivity index (χ1) is 15.9. The zero-order valence-electron chi connectivity index (χ0n) is 17.0. The molecular formula is C22H18FN3O7. The Kier molecular flexibility index (Phi) is 6.41. The molecule has 4 rings (SSSR count). The summed E-state index contributed by atoms with van der Waals surface area (Å²) in [5, 5.41) is 10.9. The van der Waals surface area contributed by atoms with Crippen molar-refractivity contribution in [3.63, 3.8) is 0 Å². The van der Waals surface area contributed by atoms with Gasteiger partial charge in [-0.3, -0.25) is 0 Å². The van der Waals surface area contributed by atoms with Gasteiger partial charge in [-0.25, -0.2) is 19.0 Å². The average Bonchev–Trinajstić information content (AvgIpc) is 3.44. The number of rotatable bonds is 7. The van der Waals surface area contributed by atoms with Gasteiger partial charge < -0.3 is 24.3 Å². The molecule has 0 amide bonds. The molecule has 1 aromatic heterocycles. The number of nitrogens with one attached hydrogen (secondary N) is 1. The molecule has 0 saturated carbocycles. The van der Waals surface area contributed by atoms with Crippen molar-refractivity contribution >= 4 is 17.9 Å². The summed E-state index contributed by atoms with van der Waals surface area (Å²) < 4.78 is 31.6. The second-order valence-corrected chi connectivity index (χ2v) is 7.16. The average molecular weight is 455 g/mol. The minimum absolute atomic E-state index is 0.00755. The van der Waals surface area contributed by atoms with E-state index in [-0.39, 0.29) is 16.8 Å². The lowest BCUT2D eigenvalue weighted by atomic mass is 10.1. The SMILES string of the molecule is O=C(OC[C@H]1O[C@H](c2cnc([N+](=O)[O-])[nH]2)[C@H](F)[C@@H]1OC(=O)c1ccccc1)c1ccccc1. The summed E-state index contributed by atoms with van der Waals surface area (Å²) >= 11 is 0. The van der Waals surface area contributed by atoms with E-state index >= 15 is 4.39 Å². The van der Waals surface area contributed by atoms with Gasteiger partial charge in [-0.05, 0) is 29.2 Å². The first-order valence-corrected chi connectivity index (χ1v) is 9.91. The zero-order valence-corrected chi connectivity index (χ0v) is 17.0. The number of nitrogens with zero attached hydrogens (tertiary/aromatic N) is 2. The van der Waals surface area contributed by atoms with Crippen molar-refractivity contribution in [1.29, 1.82) is 0 Å². The lowest BCUT2D eigenvalue weighted by Gasteiger charge is -2.19. The highest BCUT2D eigenvalue weighted by atomic mass is 19.1. The predicted octanol–water partition coefficient (Wildman–Crippen LogP) is 3.18. The van der Waals surface area contributed by atoms with Gasteiger partial charge in [-0.2, -0.15) is 0 Å². The zero-order chi connectivity index (χ0) is 23.4. The van der Waals surface area contributed by atoms with Crippen molar-refractivity contribution in [2.45, 2.75) is 24.5 Å². The molecule has 2 heterocycles. The minimum atomic E-state index is -1.90. The lowest BCUT2D eigenvalue weighted by Crippen LogP contribution is -2.36. The Morgan fingerprint density at radius 1 is 1.06 bits per heavy atom. The minimum Gasteiger partial charge on any atom is -0.459 e. The number of imidazole rings is 1. The van der Waals surface area contributed by atoms with Gasteiger partial charge in [0.1, 0.15) is 24.6 Å². The molecule has 0 bridgehead atoms. The van der Waals surface area contributed by atoms with E-state index in [1.54, 1.807) is 48.5 Å². The molecule has 3 aromatic rings. The topological polar surface area (TPSA) is 134 Å². The Morgan fingerprint density at radius 3 is 2.24 bits per heavy atom. The van der Waals surface area contributed by atoms with Gasteiger partial charge in [-0.1, -0.05) is 41.4 Å². The van der Waals surface area contributed by atoms with Crippen LogP contribution in [-0.2, 0) is 14.2 Å². The second kappa shape index (κ2) is 9.57. The van der Waals surface area contributed by atoms with E-state index in [9.17, 15) is 19.7 Å². The van der Waals surface area contributed by atoms with E-state index < -0.39 is 53.9 Å². The third-order valence-electron chi connectivity index (χ3n) is 4.99. The summed E-state index contributed by atoms with van der Waals surface area (Å²) in [4.78, 5) is 40.9. The number of alkyl halides is 1. The van der Waals surface area contributed by atoms with Crippen LogP contribution >= 0.6 is 0 Å². The van der Waals surface area contributed by atoms with Crippen LogP contribution in [0.25, 0.3) is 0 Å². The van der Waals surface area contributed by atoms with Gasteiger partial charge in [0, 0.05) is 0 Å². The predicted molar refractivity (Wildman–Crippen MR) is 110 cm³/mol. The van der Waals surface area contributed by atoms with Crippen LogP contribution in [0.1, 0.15) is 32.5 Å². The Labute approximate surface area is 186 Å². The van der Waals surface area contributed by atoms with Crippen molar-refractivity contribution in [2.24, 2.45) is 0 Å². The fourth-order valence-electron chi connectivity index (χ4n) is 3.38. The summed E-state index contributed by atoms with van der Waals surface area (Å²) in [5.41, 5.74) is 0.475. The highest BCUT2D eigenvalue weighted by molar-refractivity contribution is 5.90. The number of hydrogen-bond acceptors (Lipinski definition) is 8. The van der Waals surface area contributed by atoms with Crippen LogP contribution in [0.4, 0.5) is 10.3 Å². The van der Waals surface area contributed by atoms with Gasteiger partial charge in [0.25, 0.3) is 0 Å². The van der Waals surface area contributed by atoms with E-state index in [0.29, 0.717) is 0 Å². The molecule has 1 aliphatic rings. The van der Waals surface area contributed by atoms with Crippen molar-refractivity contribution < 1.29 is 33.1 Å². The molecule has 0 radical (unpaired) electrons. The molecule has 10 nitrogen and oxygen atoms in total. The molecule has 2 aromatic carbocycles. The molecule has 0 spiro atoms. The van der Waals surface area contributed by atoms with E-state index in [1.165, 1.54) is 12.1 Å². The largest absolute Gasteiger partial charge is 0.459 e. The maximum Gasteiger partial charge on any atom is 0.432 e. The Bertz CT molecular complexity index is 1140. The third-order valence-corrected chi connectivity index (χ3v) is 4.99. The third kappa shape index (κ3) is 4.88. The van der Waals surface area contributed by atoms with Gasteiger partial charge in [-0.15, -0.1) is 0 Å². The Morgan fingerprint density at radius 2 is 1.67 bits per heavy atom. The number of H-pyrrole nitrogens is 1. The number of ether oxygens (including phenoxy) is 3. The van der Waals surface area contributed by atoms with Crippen molar-refractivity contribution in [1.82, 2.24) is 9.97 Å². The lowest BCUT2D eigenvalue weighted by molar-refractivity contribution is -0.393. The number of benzene rings is 2. The first kappa shape index (κ1) is 22.1. The second-order valence-electron chi connectivity index (χ2n) is 7.16. The Hall–Kier alpha value is -4.12. The molecule has 33 heavy (non-hydrogen) atoms. The molecule has 1 fully saturated rings. The molecular weight excluding hydrogens is 437 g/mol. The number of aromatic amines is 1. The standard InChI is InChI=1S/C22H18FN3O7/c23-17-18(15-11-24-22(25-15)26(29)30)32-16(12-31-20(27)13-7-3-1-4-8-13)19(17)33-21(28)14-9-5-2-6-10-14/h1-11,16-19H,12H2,(H,24,25)/t16-,17+,18-,19-/m1/s1. The number of esters is 2. The molecule has 11 heteroatoms. The van der Waals surface area contributed by atoms with Crippen LogP contribution in [0.15, 0.2) is 66.9 Å². The van der Waals surface area contributed by atoms with Crippen molar-refractivity contribution in [3.05, 3.63) is 93.8 Å². The molecule has 0 aliphatic carbocycles. The van der Waals surface area contributed by atoms with Gasteiger partial charge in [0.05, 0.1) is 11.1 Å². The van der Waals surface area contributed by atoms with Crippen LogP contribution in [0.5, 0.6) is 0 Å². The van der Waals surface area contributed by atoms with E-state index in [2.05, 4.69) is 9.97 Å². The number of halogens is 1. The van der Waals surface area contributed by atoms with Gasteiger partial charge >= 0.3 is 17.9 Å². The molecule has 170 valence electrons. The Balaban J connectivity index is 1.53. The summed E-state index contributed by atoms with van der Waals surface area (Å²) in [7, 11) is 0. The van der Waals surface area contributed by atoms with Crippen LogP contribution in [-0.4, -0.2) is 51.8 Å². The fourth-order valence-corrected chi connectivity index (χ4v) is 3.38. The fraction of sp³-hybridized carbons (Fsp3) is 0.227. The quantitative estimate of drug-likeness (QED) is 0.326. The van der Waals surface area contributed by atoms with Crippen LogP contribution < -0.4 is 0 Å². The van der Waals surface area contributed by atoms with E-state index in [1.807, 2.05) is 0 Å². The maximum atomic E-state index is 15.4. The molecule has 4 atom stereocenters. The number of aromatic nitrogens is 2. The van der Waals surface area contributed by atoms with Crippen molar-refractivity contribution in [3.8, 4) is 0 Å². The van der Waals surface area contributed by atoms with E-state index in [0.717, 1.165) is 6.20 Å². The van der Waals surface area contributed by atoms with Crippen molar-refractivity contribution in [2.75, 3.05) is 6.61 Å². The van der Waals surface area contributed by atoms with Crippen LogP contribution in [0.3, 0.4) is 0 Å². The smallest absolute Gasteiger partial charge is 0.432 e. The number of carbonyl (C=O) groups is 2. The molecule has 1 aliphatic heterocycles. The summed E-state index contributed by atoms with van der Waals surface area (Å²) in [6, 6.07) is 16.1.